The summed E-state index contributed by atoms with van der Waals surface area (Å²) >= 11 is 0. The van der Waals surface area contributed by atoms with Crippen LogP contribution in [0.3, 0.4) is 0 Å². The number of hydrogen-bond acceptors (Lipinski definition) is 2. The van der Waals surface area contributed by atoms with Gasteiger partial charge in [-0.05, 0) is 6.92 Å². The Morgan fingerprint density at radius 1 is 1.89 bits per heavy atom. The summed E-state index contributed by atoms with van der Waals surface area (Å²) < 4.78 is 25.8. The highest BCUT2D eigenvalue weighted by Crippen LogP contribution is 2.38. The van der Waals surface area contributed by atoms with Crippen LogP contribution >= 0.6 is 7.83 Å². The zero-order valence-corrected chi connectivity index (χ0v) is 5.98. The summed E-state index contributed by atoms with van der Waals surface area (Å²) in [5, 5.41) is 0. The molecule has 0 heterocycles. The molecular weight excluding hydrogens is 144 g/mol. The van der Waals surface area contributed by atoms with E-state index in [2.05, 4.69) is 10.0 Å². The zero-order chi connectivity index (χ0) is 7.33. The fourth-order valence-corrected chi connectivity index (χ4v) is 0.530. The van der Waals surface area contributed by atoms with Crippen molar-refractivity contribution >= 4 is 7.83 Å². The average molecular weight is 153 g/mol. The average Bonchev–Trinajstić information content (AvgIpc) is 1.63. The molecule has 0 spiro atoms. The summed E-state index contributed by atoms with van der Waals surface area (Å²) in [5.41, 5.74) is 4.41. The van der Waals surface area contributed by atoms with Crippen LogP contribution in [0.5, 0.6) is 0 Å². The van der Waals surface area contributed by atoms with Crippen LogP contribution in [0.2, 0.25) is 0 Å². The SMILES string of the molecule is CC=CCOP(N)(=O)F. The molecule has 0 radical (unpaired) electrons. The van der Waals surface area contributed by atoms with Crippen molar-refractivity contribution < 1.29 is 13.3 Å². The molecule has 0 saturated heterocycles. The fourth-order valence-electron chi connectivity index (χ4n) is 0.241. The molecule has 1 atom stereocenters. The Hall–Kier alpha value is -0.180. The first kappa shape index (κ1) is 8.82. The molecule has 0 aliphatic heterocycles. The maximum absolute atomic E-state index is 11.8. The van der Waals surface area contributed by atoms with Crippen molar-refractivity contribution in [2.45, 2.75) is 6.92 Å². The minimum absolute atomic E-state index is 0.0409. The van der Waals surface area contributed by atoms with Crippen LogP contribution in [0.4, 0.5) is 4.20 Å². The minimum atomic E-state index is -4.25. The predicted molar refractivity (Wildman–Crippen MR) is 33.7 cm³/mol. The van der Waals surface area contributed by atoms with Gasteiger partial charge in [-0.15, -0.1) is 4.20 Å². The summed E-state index contributed by atoms with van der Waals surface area (Å²) in [4.78, 5) is 0. The molecule has 0 aromatic heterocycles. The standard InChI is InChI=1S/C4H9FNO2P/c1-2-3-4-8-9(5,6)7/h2-3H,4H2,1H3,(H2,6,7). The summed E-state index contributed by atoms with van der Waals surface area (Å²) in [5.74, 6) is 0. The highest BCUT2D eigenvalue weighted by atomic mass is 31.2. The van der Waals surface area contributed by atoms with Gasteiger partial charge < -0.3 is 0 Å². The maximum Gasteiger partial charge on any atom is 0.440 e. The van der Waals surface area contributed by atoms with E-state index in [1.807, 2.05) is 0 Å². The second-order valence-electron chi connectivity index (χ2n) is 1.39. The maximum atomic E-state index is 11.8. The quantitative estimate of drug-likeness (QED) is 0.495. The predicted octanol–water partition coefficient (Wildman–Crippen LogP) is 1.62. The monoisotopic (exact) mass is 153 g/mol. The molecule has 5 heteroatoms. The van der Waals surface area contributed by atoms with Gasteiger partial charge >= 0.3 is 7.83 Å². The molecule has 0 aromatic carbocycles. The van der Waals surface area contributed by atoms with Gasteiger partial charge in [0.15, 0.2) is 0 Å². The molecule has 9 heavy (non-hydrogen) atoms. The highest BCUT2D eigenvalue weighted by Gasteiger charge is 2.11. The van der Waals surface area contributed by atoms with E-state index in [-0.39, 0.29) is 6.61 Å². The highest BCUT2D eigenvalue weighted by molar-refractivity contribution is 7.50. The van der Waals surface area contributed by atoms with Crippen molar-refractivity contribution in [3.8, 4) is 0 Å². The molecule has 1 unspecified atom stereocenters. The molecule has 0 amide bonds. The van der Waals surface area contributed by atoms with E-state index >= 15 is 0 Å². The number of allylic oxidation sites excluding steroid dienone is 1. The van der Waals surface area contributed by atoms with E-state index in [4.69, 9.17) is 0 Å². The largest absolute Gasteiger partial charge is 0.440 e. The van der Waals surface area contributed by atoms with Gasteiger partial charge in [-0.2, -0.15) is 0 Å². The van der Waals surface area contributed by atoms with Gasteiger partial charge in [0.1, 0.15) is 0 Å². The molecule has 0 aromatic rings. The van der Waals surface area contributed by atoms with Crippen molar-refractivity contribution in [3.63, 3.8) is 0 Å². The lowest BCUT2D eigenvalue weighted by Gasteiger charge is -1.98. The molecule has 54 valence electrons. The molecule has 0 rings (SSSR count). The van der Waals surface area contributed by atoms with Crippen LogP contribution < -0.4 is 5.50 Å². The van der Waals surface area contributed by atoms with E-state index in [0.717, 1.165) is 0 Å². The minimum Gasteiger partial charge on any atom is -0.290 e. The number of nitrogens with two attached hydrogens (primary N) is 1. The van der Waals surface area contributed by atoms with Crippen LogP contribution in [0, 0.1) is 0 Å². The normalized spacial score (nSPS) is 18.1. The van der Waals surface area contributed by atoms with Crippen molar-refractivity contribution in [1.29, 1.82) is 0 Å². The van der Waals surface area contributed by atoms with Crippen LogP contribution in [0.1, 0.15) is 6.92 Å². The Morgan fingerprint density at radius 2 is 2.44 bits per heavy atom. The second-order valence-corrected chi connectivity index (χ2v) is 2.69. The molecule has 3 nitrogen and oxygen atoms in total. The molecular formula is C4H9FNO2P. The Labute approximate surface area is 53.3 Å². The van der Waals surface area contributed by atoms with Crippen LogP contribution in [-0.2, 0) is 9.09 Å². The van der Waals surface area contributed by atoms with Crippen LogP contribution in [0.25, 0.3) is 0 Å². The first-order chi connectivity index (χ1) is 4.06. The smallest absolute Gasteiger partial charge is 0.290 e. The van der Waals surface area contributed by atoms with E-state index in [1.165, 1.54) is 6.08 Å². The van der Waals surface area contributed by atoms with E-state index in [1.54, 1.807) is 13.0 Å². The van der Waals surface area contributed by atoms with Crippen LogP contribution in [0.15, 0.2) is 12.2 Å². The van der Waals surface area contributed by atoms with Crippen LogP contribution in [-0.4, -0.2) is 6.61 Å². The molecule has 0 saturated carbocycles. The summed E-state index contributed by atoms with van der Waals surface area (Å²) in [6.07, 6.45) is 3.16. The topological polar surface area (TPSA) is 52.3 Å². The molecule has 0 aliphatic carbocycles. The van der Waals surface area contributed by atoms with Crippen molar-refractivity contribution in [1.82, 2.24) is 0 Å². The first-order valence-corrected chi connectivity index (χ1v) is 3.98. The number of halogens is 1. The summed E-state index contributed by atoms with van der Waals surface area (Å²) in [6, 6.07) is 0. The Balaban J connectivity index is 3.40. The summed E-state index contributed by atoms with van der Waals surface area (Å²) in [7, 11) is -4.25. The van der Waals surface area contributed by atoms with E-state index in [0.29, 0.717) is 0 Å². The molecule has 2 N–H and O–H groups in total. The van der Waals surface area contributed by atoms with Crippen molar-refractivity contribution in [3.05, 3.63) is 12.2 Å². The lowest BCUT2D eigenvalue weighted by Crippen LogP contribution is -1.93. The summed E-state index contributed by atoms with van der Waals surface area (Å²) in [6.45, 7) is 1.70. The Kier molecular flexibility index (Phi) is 3.70. The Bertz CT molecular complexity index is 142. The third kappa shape index (κ3) is 7.82. The first-order valence-electron chi connectivity index (χ1n) is 2.40. The molecule has 0 aliphatic rings. The van der Waals surface area contributed by atoms with Gasteiger partial charge in [-0.25, -0.2) is 10.1 Å². The number of rotatable bonds is 3. The van der Waals surface area contributed by atoms with Gasteiger partial charge in [0.2, 0.25) is 0 Å². The zero-order valence-electron chi connectivity index (χ0n) is 5.08. The second kappa shape index (κ2) is 3.77. The molecule has 0 fully saturated rings. The van der Waals surface area contributed by atoms with Gasteiger partial charge in [0, 0.05) is 0 Å². The Morgan fingerprint density at radius 3 is 2.78 bits per heavy atom. The third-order valence-electron chi connectivity index (χ3n) is 0.582. The van der Waals surface area contributed by atoms with Gasteiger partial charge in [-0.3, -0.25) is 4.52 Å². The van der Waals surface area contributed by atoms with Gasteiger partial charge in [0.05, 0.1) is 6.61 Å². The third-order valence-corrected chi connectivity index (χ3v) is 1.08. The van der Waals surface area contributed by atoms with E-state index in [9.17, 15) is 8.76 Å². The lowest BCUT2D eigenvalue weighted by atomic mass is 10.6. The van der Waals surface area contributed by atoms with E-state index < -0.39 is 7.83 Å². The van der Waals surface area contributed by atoms with Crippen molar-refractivity contribution in [2.75, 3.05) is 6.61 Å². The molecule has 0 bridgehead atoms. The van der Waals surface area contributed by atoms with Gasteiger partial charge in [-0.1, -0.05) is 12.2 Å². The van der Waals surface area contributed by atoms with Crippen molar-refractivity contribution in [2.24, 2.45) is 5.50 Å². The lowest BCUT2D eigenvalue weighted by molar-refractivity contribution is 0.321. The number of hydrogen-bond donors (Lipinski definition) is 1. The van der Waals surface area contributed by atoms with Gasteiger partial charge in [0.25, 0.3) is 0 Å². The fraction of sp³-hybridized carbons (Fsp3) is 0.500.